The van der Waals surface area contributed by atoms with Crippen LogP contribution in [0.25, 0.3) is 0 Å². The second-order valence-electron chi connectivity index (χ2n) is 3.51. The lowest BCUT2D eigenvalue weighted by molar-refractivity contribution is 0.0600. The van der Waals surface area contributed by atoms with Crippen LogP contribution in [0.5, 0.6) is 0 Å². The molecule has 0 aromatic carbocycles. The highest BCUT2D eigenvalue weighted by atomic mass is 16.5. The number of carbonyl (C=O) groups excluding carboxylic acids is 1. The van der Waals surface area contributed by atoms with Gasteiger partial charge < -0.3 is 9.47 Å². The lowest BCUT2D eigenvalue weighted by atomic mass is 10.2. The summed E-state index contributed by atoms with van der Waals surface area (Å²) in [6, 6.07) is 3.45. The van der Waals surface area contributed by atoms with E-state index in [1.807, 2.05) is 6.08 Å². The predicted octanol–water partition coefficient (Wildman–Crippen LogP) is 2.35. The van der Waals surface area contributed by atoms with Crippen molar-refractivity contribution >= 4 is 5.97 Å². The Hall–Kier alpha value is -1.68. The van der Waals surface area contributed by atoms with Crippen molar-refractivity contribution in [2.75, 3.05) is 13.7 Å². The number of ether oxygens (including phenoxy) is 2. The lowest BCUT2D eigenvalue weighted by Gasteiger charge is -2.03. The van der Waals surface area contributed by atoms with Crippen molar-refractivity contribution in [2.45, 2.75) is 19.4 Å². The van der Waals surface area contributed by atoms with E-state index in [2.05, 4.69) is 16.3 Å². The maximum absolute atomic E-state index is 11.2. The Morgan fingerprint density at radius 3 is 2.94 bits per heavy atom. The highest BCUT2D eigenvalue weighted by Gasteiger charge is 2.05. The van der Waals surface area contributed by atoms with Gasteiger partial charge in [-0.25, -0.2) is 4.79 Å². The van der Waals surface area contributed by atoms with E-state index in [9.17, 15) is 4.79 Å². The van der Waals surface area contributed by atoms with Gasteiger partial charge in [0, 0.05) is 12.8 Å². The molecule has 0 bridgehead atoms. The molecule has 0 saturated heterocycles. The van der Waals surface area contributed by atoms with Crippen molar-refractivity contribution in [3.8, 4) is 0 Å². The second kappa shape index (κ2) is 7.57. The van der Waals surface area contributed by atoms with Crippen LogP contribution in [0, 0.1) is 0 Å². The zero-order chi connectivity index (χ0) is 12.5. The van der Waals surface area contributed by atoms with Crippen LogP contribution in [0.3, 0.4) is 0 Å². The fraction of sp³-hybridized carbons (Fsp3) is 0.385. The van der Waals surface area contributed by atoms with Gasteiger partial charge in [-0.1, -0.05) is 6.08 Å². The summed E-state index contributed by atoms with van der Waals surface area (Å²) in [6.07, 6.45) is 5.28. The molecule has 1 aromatic rings. The molecule has 1 heterocycles. The SMILES string of the molecule is C=CCCCOCc1ccc(C(=O)OC)cn1. The van der Waals surface area contributed by atoms with Crippen LogP contribution in [0.2, 0.25) is 0 Å². The van der Waals surface area contributed by atoms with E-state index in [1.54, 1.807) is 12.1 Å². The van der Waals surface area contributed by atoms with Crippen LogP contribution in [0.15, 0.2) is 31.0 Å². The summed E-state index contributed by atoms with van der Waals surface area (Å²) in [5, 5.41) is 0. The van der Waals surface area contributed by atoms with Crippen LogP contribution in [-0.2, 0) is 16.1 Å². The van der Waals surface area contributed by atoms with Gasteiger partial charge in [0.25, 0.3) is 0 Å². The van der Waals surface area contributed by atoms with Crippen molar-refractivity contribution in [1.29, 1.82) is 0 Å². The van der Waals surface area contributed by atoms with Crippen molar-refractivity contribution < 1.29 is 14.3 Å². The van der Waals surface area contributed by atoms with Crippen molar-refractivity contribution in [2.24, 2.45) is 0 Å². The van der Waals surface area contributed by atoms with Gasteiger partial charge in [-0.05, 0) is 25.0 Å². The summed E-state index contributed by atoms with van der Waals surface area (Å²) in [6.45, 7) is 4.78. The molecule has 17 heavy (non-hydrogen) atoms. The molecule has 92 valence electrons. The topological polar surface area (TPSA) is 48.4 Å². The Bertz CT molecular complexity index is 359. The monoisotopic (exact) mass is 235 g/mol. The number of rotatable bonds is 7. The van der Waals surface area contributed by atoms with Gasteiger partial charge in [-0.3, -0.25) is 4.98 Å². The standard InChI is InChI=1S/C13H17NO3/c1-3-4-5-8-17-10-12-7-6-11(9-14-12)13(15)16-2/h3,6-7,9H,1,4-5,8,10H2,2H3. The van der Waals surface area contributed by atoms with E-state index in [0.717, 1.165) is 18.5 Å². The molecule has 1 aromatic heterocycles. The van der Waals surface area contributed by atoms with Gasteiger partial charge in [0.1, 0.15) is 0 Å². The van der Waals surface area contributed by atoms with Gasteiger partial charge in [-0.15, -0.1) is 6.58 Å². The summed E-state index contributed by atoms with van der Waals surface area (Å²) in [4.78, 5) is 15.3. The fourth-order valence-electron chi connectivity index (χ4n) is 1.25. The molecule has 0 fully saturated rings. The number of esters is 1. The molecule has 4 heteroatoms. The van der Waals surface area contributed by atoms with E-state index in [-0.39, 0.29) is 5.97 Å². The number of pyridine rings is 1. The summed E-state index contributed by atoms with van der Waals surface area (Å²) in [7, 11) is 1.35. The Balaban J connectivity index is 2.35. The zero-order valence-corrected chi connectivity index (χ0v) is 10.0. The molecule has 0 spiro atoms. The van der Waals surface area contributed by atoms with Gasteiger partial charge in [0.05, 0.1) is 25.0 Å². The quantitative estimate of drug-likeness (QED) is 0.413. The number of aromatic nitrogens is 1. The summed E-state index contributed by atoms with van der Waals surface area (Å²) in [5.74, 6) is -0.379. The number of hydrogen-bond donors (Lipinski definition) is 0. The molecular weight excluding hydrogens is 218 g/mol. The van der Waals surface area contributed by atoms with E-state index in [4.69, 9.17) is 4.74 Å². The number of hydrogen-bond acceptors (Lipinski definition) is 4. The van der Waals surface area contributed by atoms with E-state index in [0.29, 0.717) is 18.8 Å². The lowest BCUT2D eigenvalue weighted by Crippen LogP contribution is -2.03. The third-order valence-electron chi connectivity index (χ3n) is 2.19. The Morgan fingerprint density at radius 2 is 2.35 bits per heavy atom. The fourth-order valence-corrected chi connectivity index (χ4v) is 1.25. The molecular formula is C13H17NO3. The first-order chi connectivity index (χ1) is 8.27. The van der Waals surface area contributed by atoms with E-state index >= 15 is 0 Å². The Morgan fingerprint density at radius 1 is 1.53 bits per heavy atom. The Labute approximate surface area is 101 Å². The van der Waals surface area contributed by atoms with Gasteiger partial charge in [0.2, 0.25) is 0 Å². The van der Waals surface area contributed by atoms with Crippen LogP contribution in [0.1, 0.15) is 28.9 Å². The minimum atomic E-state index is -0.379. The maximum Gasteiger partial charge on any atom is 0.339 e. The number of unbranched alkanes of at least 4 members (excludes halogenated alkanes) is 1. The Kier molecular flexibility index (Phi) is 5.96. The van der Waals surface area contributed by atoms with Crippen LogP contribution < -0.4 is 0 Å². The molecule has 0 aliphatic carbocycles. The second-order valence-corrected chi connectivity index (χ2v) is 3.51. The van der Waals surface area contributed by atoms with Gasteiger partial charge in [-0.2, -0.15) is 0 Å². The third kappa shape index (κ3) is 4.78. The first kappa shape index (κ1) is 13.4. The molecule has 0 amide bonds. The molecule has 0 radical (unpaired) electrons. The van der Waals surface area contributed by atoms with Crippen LogP contribution in [0.4, 0.5) is 0 Å². The normalized spacial score (nSPS) is 9.94. The molecule has 0 atom stereocenters. The zero-order valence-electron chi connectivity index (χ0n) is 10.0. The highest BCUT2D eigenvalue weighted by Crippen LogP contribution is 2.03. The molecule has 0 unspecified atom stereocenters. The van der Waals surface area contributed by atoms with E-state index < -0.39 is 0 Å². The van der Waals surface area contributed by atoms with Gasteiger partial charge in [0.15, 0.2) is 0 Å². The van der Waals surface area contributed by atoms with Crippen LogP contribution >= 0.6 is 0 Å². The summed E-state index contributed by atoms with van der Waals surface area (Å²) >= 11 is 0. The molecule has 4 nitrogen and oxygen atoms in total. The van der Waals surface area contributed by atoms with Crippen LogP contribution in [-0.4, -0.2) is 24.7 Å². The number of carbonyl (C=O) groups is 1. The molecule has 0 aliphatic rings. The van der Waals surface area contributed by atoms with E-state index in [1.165, 1.54) is 13.3 Å². The molecule has 0 N–H and O–H groups in total. The summed E-state index contributed by atoms with van der Waals surface area (Å²) < 4.78 is 10.0. The van der Waals surface area contributed by atoms with Gasteiger partial charge >= 0.3 is 5.97 Å². The predicted molar refractivity (Wildman–Crippen MR) is 64.7 cm³/mol. The largest absolute Gasteiger partial charge is 0.465 e. The number of nitrogens with zero attached hydrogens (tertiary/aromatic N) is 1. The maximum atomic E-state index is 11.2. The minimum Gasteiger partial charge on any atom is -0.465 e. The first-order valence-electron chi connectivity index (χ1n) is 5.50. The summed E-state index contributed by atoms with van der Waals surface area (Å²) in [5.41, 5.74) is 1.25. The van der Waals surface area contributed by atoms with Crippen molar-refractivity contribution in [3.63, 3.8) is 0 Å². The molecule has 0 saturated carbocycles. The highest BCUT2D eigenvalue weighted by molar-refractivity contribution is 5.88. The average Bonchev–Trinajstić information content (AvgIpc) is 2.38. The molecule has 1 rings (SSSR count). The number of allylic oxidation sites excluding steroid dienone is 1. The van der Waals surface area contributed by atoms with Crippen molar-refractivity contribution in [1.82, 2.24) is 4.98 Å². The first-order valence-corrected chi connectivity index (χ1v) is 5.50. The minimum absolute atomic E-state index is 0.379. The van der Waals surface area contributed by atoms with Crippen molar-refractivity contribution in [3.05, 3.63) is 42.2 Å². The average molecular weight is 235 g/mol. The number of methoxy groups -OCH3 is 1. The third-order valence-corrected chi connectivity index (χ3v) is 2.19. The smallest absolute Gasteiger partial charge is 0.339 e. The molecule has 0 aliphatic heterocycles.